The number of anilines is 1. The molecule has 0 spiro atoms. The van der Waals surface area contributed by atoms with E-state index in [2.05, 4.69) is 31.0 Å². The SMILES string of the molecule is Cc1c(-c2ncc(Br)c(N)n2)cnn1C. The summed E-state index contributed by atoms with van der Waals surface area (Å²) in [4.78, 5) is 8.38. The molecule has 0 amide bonds. The van der Waals surface area contributed by atoms with Gasteiger partial charge in [-0.1, -0.05) is 0 Å². The molecule has 6 heteroatoms. The molecule has 0 radical (unpaired) electrons. The van der Waals surface area contributed by atoms with Gasteiger partial charge in [0.15, 0.2) is 5.82 Å². The van der Waals surface area contributed by atoms with Gasteiger partial charge < -0.3 is 5.73 Å². The van der Waals surface area contributed by atoms with Gasteiger partial charge in [0.2, 0.25) is 0 Å². The van der Waals surface area contributed by atoms with Crippen molar-refractivity contribution in [2.45, 2.75) is 6.92 Å². The minimum absolute atomic E-state index is 0.434. The molecule has 5 nitrogen and oxygen atoms in total. The molecule has 78 valence electrons. The second-order valence-corrected chi connectivity index (χ2v) is 4.05. The van der Waals surface area contributed by atoms with Crippen molar-refractivity contribution in [2.75, 3.05) is 5.73 Å². The molecule has 2 rings (SSSR count). The summed E-state index contributed by atoms with van der Waals surface area (Å²) in [5.74, 6) is 1.03. The van der Waals surface area contributed by atoms with E-state index in [0.29, 0.717) is 16.1 Å². The van der Waals surface area contributed by atoms with Crippen molar-refractivity contribution in [1.29, 1.82) is 0 Å². The van der Waals surface area contributed by atoms with Crippen LogP contribution in [0.3, 0.4) is 0 Å². The number of halogens is 1. The van der Waals surface area contributed by atoms with Crippen molar-refractivity contribution in [3.8, 4) is 11.4 Å². The first-order valence-electron chi connectivity index (χ1n) is 4.36. The normalized spacial score (nSPS) is 10.6. The summed E-state index contributed by atoms with van der Waals surface area (Å²) in [7, 11) is 1.88. The fourth-order valence-corrected chi connectivity index (χ4v) is 1.42. The van der Waals surface area contributed by atoms with Crippen LogP contribution in [0.4, 0.5) is 5.82 Å². The fourth-order valence-electron chi connectivity index (χ4n) is 1.23. The maximum Gasteiger partial charge on any atom is 0.165 e. The molecule has 0 atom stereocenters. The Morgan fingerprint density at radius 2 is 2.13 bits per heavy atom. The lowest BCUT2D eigenvalue weighted by atomic mass is 10.2. The minimum atomic E-state index is 0.434. The second-order valence-electron chi connectivity index (χ2n) is 3.19. The highest BCUT2D eigenvalue weighted by Crippen LogP contribution is 2.22. The Bertz CT molecular complexity index is 505. The average molecular weight is 268 g/mol. The van der Waals surface area contributed by atoms with Crippen LogP contribution in [0.2, 0.25) is 0 Å². The second kappa shape index (κ2) is 3.62. The molecule has 2 N–H and O–H groups in total. The molecule has 2 heterocycles. The molecule has 0 aliphatic rings. The highest BCUT2D eigenvalue weighted by molar-refractivity contribution is 9.10. The van der Waals surface area contributed by atoms with E-state index in [9.17, 15) is 0 Å². The van der Waals surface area contributed by atoms with Crippen molar-refractivity contribution in [1.82, 2.24) is 19.7 Å². The number of nitrogens with zero attached hydrogens (tertiary/aromatic N) is 4. The van der Waals surface area contributed by atoms with E-state index in [1.807, 2.05) is 14.0 Å². The molecule has 2 aromatic heterocycles. The van der Waals surface area contributed by atoms with Crippen molar-refractivity contribution in [2.24, 2.45) is 7.05 Å². The predicted octanol–water partition coefficient (Wildman–Crippen LogP) is 1.53. The van der Waals surface area contributed by atoms with Gasteiger partial charge in [0.05, 0.1) is 16.2 Å². The molecule has 0 aliphatic heterocycles. The molecule has 2 aromatic rings. The number of aryl methyl sites for hydroxylation is 1. The molecule has 0 aromatic carbocycles. The maximum atomic E-state index is 5.69. The number of hydrogen-bond acceptors (Lipinski definition) is 4. The van der Waals surface area contributed by atoms with E-state index in [-0.39, 0.29) is 0 Å². The van der Waals surface area contributed by atoms with Gasteiger partial charge >= 0.3 is 0 Å². The van der Waals surface area contributed by atoms with E-state index in [4.69, 9.17) is 5.73 Å². The summed E-state index contributed by atoms with van der Waals surface area (Å²) in [5.41, 5.74) is 7.60. The molecule has 0 saturated carbocycles. The quantitative estimate of drug-likeness (QED) is 0.851. The number of rotatable bonds is 1. The monoisotopic (exact) mass is 267 g/mol. The lowest BCUT2D eigenvalue weighted by Crippen LogP contribution is -1.98. The van der Waals surface area contributed by atoms with Gasteiger partial charge in [-0.05, 0) is 22.9 Å². The summed E-state index contributed by atoms with van der Waals surface area (Å²) in [6.07, 6.45) is 3.38. The van der Waals surface area contributed by atoms with Crippen LogP contribution in [-0.2, 0) is 7.05 Å². The van der Waals surface area contributed by atoms with E-state index in [0.717, 1.165) is 11.3 Å². The third-order valence-electron chi connectivity index (χ3n) is 2.25. The Morgan fingerprint density at radius 1 is 1.40 bits per heavy atom. The van der Waals surface area contributed by atoms with Gasteiger partial charge in [-0.25, -0.2) is 9.97 Å². The summed E-state index contributed by atoms with van der Waals surface area (Å²) in [6.45, 7) is 1.96. The van der Waals surface area contributed by atoms with E-state index in [1.54, 1.807) is 17.1 Å². The third-order valence-corrected chi connectivity index (χ3v) is 2.86. The van der Waals surface area contributed by atoms with Gasteiger partial charge in [0, 0.05) is 18.9 Å². The molecule has 15 heavy (non-hydrogen) atoms. The van der Waals surface area contributed by atoms with Gasteiger partial charge in [0.1, 0.15) is 5.82 Å². The van der Waals surface area contributed by atoms with Gasteiger partial charge in [-0.2, -0.15) is 5.10 Å². The molecule has 0 bridgehead atoms. The number of nitrogens with two attached hydrogens (primary N) is 1. The molecule has 0 saturated heterocycles. The summed E-state index contributed by atoms with van der Waals surface area (Å²) in [5, 5.41) is 4.13. The van der Waals surface area contributed by atoms with Crippen LogP contribution in [-0.4, -0.2) is 19.7 Å². The molecule has 0 unspecified atom stereocenters. The van der Waals surface area contributed by atoms with Crippen molar-refractivity contribution in [3.05, 3.63) is 22.6 Å². The lowest BCUT2D eigenvalue weighted by Gasteiger charge is -2.01. The Kier molecular flexibility index (Phi) is 2.44. The molecular formula is C9H10BrN5. The Balaban J connectivity index is 2.55. The summed E-state index contributed by atoms with van der Waals surface area (Å²) in [6, 6.07) is 0. The van der Waals surface area contributed by atoms with E-state index >= 15 is 0 Å². The Morgan fingerprint density at radius 3 is 2.67 bits per heavy atom. The van der Waals surface area contributed by atoms with Crippen LogP contribution in [0.15, 0.2) is 16.9 Å². The third kappa shape index (κ3) is 1.72. The van der Waals surface area contributed by atoms with Crippen molar-refractivity contribution in [3.63, 3.8) is 0 Å². The minimum Gasteiger partial charge on any atom is -0.383 e. The smallest absolute Gasteiger partial charge is 0.165 e. The summed E-state index contributed by atoms with van der Waals surface area (Å²) >= 11 is 3.25. The van der Waals surface area contributed by atoms with Crippen LogP contribution in [0, 0.1) is 6.92 Å². The van der Waals surface area contributed by atoms with Crippen LogP contribution in [0.1, 0.15) is 5.69 Å². The highest BCUT2D eigenvalue weighted by atomic mass is 79.9. The van der Waals surface area contributed by atoms with Crippen molar-refractivity contribution >= 4 is 21.7 Å². The number of hydrogen-bond donors (Lipinski definition) is 1. The zero-order valence-electron chi connectivity index (χ0n) is 8.40. The molecule has 0 fully saturated rings. The van der Waals surface area contributed by atoms with Crippen molar-refractivity contribution < 1.29 is 0 Å². The first-order valence-corrected chi connectivity index (χ1v) is 5.16. The predicted molar refractivity (Wildman–Crippen MR) is 61.1 cm³/mol. The van der Waals surface area contributed by atoms with Crippen LogP contribution in [0.5, 0.6) is 0 Å². The van der Waals surface area contributed by atoms with Crippen LogP contribution >= 0.6 is 15.9 Å². The molecular weight excluding hydrogens is 258 g/mol. The largest absolute Gasteiger partial charge is 0.383 e. The van der Waals surface area contributed by atoms with E-state index in [1.165, 1.54) is 0 Å². The zero-order valence-corrected chi connectivity index (χ0v) is 9.98. The zero-order chi connectivity index (χ0) is 11.0. The summed E-state index contributed by atoms with van der Waals surface area (Å²) < 4.78 is 2.48. The maximum absolute atomic E-state index is 5.69. The van der Waals surface area contributed by atoms with Crippen LogP contribution in [0.25, 0.3) is 11.4 Å². The first-order chi connectivity index (χ1) is 7.09. The number of aromatic nitrogens is 4. The molecule has 0 aliphatic carbocycles. The Labute approximate surface area is 95.5 Å². The fraction of sp³-hybridized carbons (Fsp3) is 0.222. The van der Waals surface area contributed by atoms with Gasteiger partial charge in [-0.3, -0.25) is 4.68 Å². The van der Waals surface area contributed by atoms with Gasteiger partial charge in [0.25, 0.3) is 0 Å². The highest BCUT2D eigenvalue weighted by Gasteiger charge is 2.10. The average Bonchev–Trinajstić information content (AvgIpc) is 2.53. The lowest BCUT2D eigenvalue weighted by molar-refractivity contribution is 0.740. The first kappa shape index (κ1) is 10.1. The van der Waals surface area contributed by atoms with Gasteiger partial charge in [-0.15, -0.1) is 0 Å². The Hall–Kier alpha value is -1.43. The standard InChI is InChI=1S/C9H10BrN5/c1-5-6(3-13-15(5)2)9-12-4-7(10)8(11)14-9/h3-4H,1-2H3,(H2,11,12,14). The van der Waals surface area contributed by atoms with Crippen LogP contribution < -0.4 is 5.73 Å². The number of nitrogen functional groups attached to an aromatic ring is 1. The topological polar surface area (TPSA) is 69.6 Å². The van der Waals surface area contributed by atoms with E-state index < -0.39 is 0 Å².